The average Bonchev–Trinajstić information content (AvgIpc) is 2.41. The highest BCUT2D eigenvalue weighted by molar-refractivity contribution is 9.10. The van der Waals surface area contributed by atoms with Gasteiger partial charge in [-0.1, -0.05) is 17.7 Å². The Morgan fingerprint density at radius 1 is 1.10 bits per heavy atom. The Bertz CT molecular complexity index is 727. The molecule has 0 atom stereocenters. The summed E-state index contributed by atoms with van der Waals surface area (Å²) in [6.45, 7) is 1.95. The maximum Gasteiger partial charge on any atom is 0.265 e. The Balaban J connectivity index is 2.49. The van der Waals surface area contributed by atoms with E-state index in [1.807, 2.05) is 19.1 Å². The normalized spacial score (nSPS) is 11.3. The lowest BCUT2D eigenvalue weighted by Crippen LogP contribution is -2.26. The Kier molecular flexibility index (Phi) is 4.06. The van der Waals surface area contributed by atoms with Crippen LogP contribution in [-0.2, 0) is 10.0 Å². The van der Waals surface area contributed by atoms with Gasteiger partial charge in [0.2, 0.25) is 0 Å². The molecule has 0 spiro atoms. The minimum Gasteiger partial charge on any atom is -0.399 e. The molecule has 6 heteroatoms. The number of anilines is 2. The van der Waals surface area contributed by atoms with E-state index < -0.39 is 10.0 Å². The lowest BCUT2D eigenvalue weighted by molar-refractivity contribution is 0.594. The first-order valence-corrected chi connectivity index (χ1v) is 8.16. The molecule has 2 N–H and O–H groups in total. The van der Waals surface area contributed by atoms with Gasteiger partial charge in [0.25, 0.3) is 10.0 Å². The number of benzene rings is 2. The van der Waals surface area contributed by atoms with Crippen molar-refractivity contribution in [1.82, 2.24) is 0 Å². The number of hydrogen-bond acceptors (Lipinski definition) is 3. The summed E-state index contributed by atoms with van der Waals surface area (Å²) in [5.41, 5.74) is 7.76. The fraction of sp³-hybridized carbons (Fsp3) is 0.143. The molecule has 0 radical (unpaired) electrons. The molecule has 106 valence electrons. The maximum absolute atomic E-state index is 12.6. The summed E-state index contributed by atoms with van der Waals surface area (Å²) in [6, 6.07) is 12.0. The fourth-order valence-corrected chi connectivity index (χ4v) is 3.91. The average molecular weight is 355 g/mol. The monoisotopic (exact) mass is 354 g/mol. The summed E-state index contributed by atoms with van der Waals surface area (Å²) in [6.07, 6.45) is 0. The van der Waals surface area contributed by atoms with Gasteiger partial charge in [-0.3, -0.25) is 4.31 Å². The van der Waals surface area contributed by atoms with E-state index >= 15 is 0 Å². The van der Waals surface area contributed by atoms with Gasteiger partial charge < -0.3 is 5.73 Å². The van der Waals surface area contributed by atoms with Crippen molar-refractivity contribution < 1.29 is 8.42 Å². The Morgan fingerprint density at radius 3 is 2.30 bits per heavy atom. The van der Waals surface area contributed by atoms with Crippen molar-refractivity contribution in [3.63, 3.8) is 0 Å². The van der Waals surface area contributed by atoms with Crippen molar-refractivity contribution in [3.8, 4) is 0 Å². The minimum absolute atomic E-state index is 0.153. The number of nitrogen functional groups attached to an aromatic ring is 1. The molecule has 0 fully saturated rings. The van der Waals surface area contributed by atoms with Crippen LogP contribution in [-0.4, -0.2) is 15.5 Å². The van der Waals surface area contributed by atoms with Gasteiger partial charge in [-0.2, -0.15) is 0 Å². The summed E-state index contributed by atoms with van der Waals surface area (Å²) < 4.78 is 27.0. The summed E-state index contributed by atoms with van der Waals surface area (Å²) >= 11 is 3.26. The highest BCUT2D eigenvalue weighted by Crippen LogP contribution is 2.29. The van der Waals surface area contributed by atoms with Gasteiger partial charge in [0.1, 0.15) is 4.90 Å². The van der Waals surface area contributed by atoms with E-state index in [-0.39, 0.29) is 4.90 Å². The molecule has 0 saturated carbocycles. The smallest absolute Gasteiger partial charge is 0.265 e. The third-order valence-corrected chi connectivity index (χ3v) is 5.77. The third-order valence-electron chi connectivity index (χ3n) is 2.99. The Morgan fingerprint density at radius 2 is 1.70 bits per heavy atom. The minimum atomic E-state index is -3.65. The third kappa shape index (κ3) is 2.81. The quantitative estimate of drug-likeness (QED) is 0.861. The van der Waals surface area contributed by atoms with E-state index in [1.165, 1.54) is 17.4 Å². The van der Waals surface area contributed by atoms with Crippen LogP contribution in [0.3, 0.4) is 0 Å². The van der Waals surface area contributed by atoms with Gasteiger partial charge in [0.15, 0.2) is 0 Å². The molecule has 0 amide bonds. The molecule has 2 aromatic rings. The molecule has 0 aliphatic heterocycles. The summed E-state index contributed by atoms with van der Waals surface area (Å²) in [7, 11) is -2.13. The molecule has 4 nitrogen and oxygen atoms in total. The topological polar surface area (TPSA) is 63.4 Å². The van der Waals surface area contributed by atoms with Crippen molar-refractivity contribution in [2.75, 3.05) is 17.1 Å². The molecular formula is C14H15BrN2O2S. The van der Waals surface area contributed by atoms with Crippen molar-refractivity contribution in [1.29, 1.82) is 0 Å². The van der Waals surface area contributed by atoms with Gasteiger partial charge >= 0.3 is 0 Å². The Hall–Kier alpha value is -1.53. The van der Waals surface area contributed by atoms with Crippen LogP contribution in [0.15, 0.2) is 51.8 Å². The van der Waals surface area contributed by atoms with Gasteiger partial charge in [-0.05, 0) is 53.2 Å². The van der Waals surface area contributed by atoms with Crippen LogP contribution >= 0.6 is 15.9 Å². The van der Waals surface area contributed by atoms with Gasteiger partial charge in [-0.25, -0.2) is 8.42 Å². The fourth-order valence-electron chi connectivity index (χ4n) is 1.76. The van der Waals surface area contributed by atoms with Crippen LogP contribution in [0.25, 0.3) is 0 Å². The summed E-state index contributed by atoms with van der Waals surface area (Å²) in [5.74, 6) is 0. The van der Waals surface area contributed by atoms with Crippen molar-refractivity contribution in [3.05, 3.63) is 52.5 Å². The molecule has 0 aliphatic rings. The lowest BCUT2D eigenvalue weighted by Gasteiger charge is -2.20. The van der Waals surface area contributed by atoms with Crippen LogP contribution in [0.4, 0.5) is 11.4 Å². The SMILES string of the molecule is Cc1ccc(N(C)S(=O)(=O)c2cc(N)ccc2Br)cc1. The number of sulfonamides is 1. The van der Waals surface area contributed by atoms with E-state index in [0.29, 0.717) is 15.8 Å². The van der Waals surface area contributed by atoms with E-state index in [2.05, 4.69) is 15.9 Å². The molecule has 0 unspecified atom stereocenters. The molecule has 2 rings (SSSR count). The number of halogens is 1. The zero-order valence-corrected chi connectivity index (χ0v) is 13.6. The van der Waals surface area contributed by atoms with Gasteiger partial charge in [-0.15, -0.1) is 0 Å². The molecule has 0 heterocycles. The number of nitrogens with zero attached hydrogens (tertiary/aromatic N) is 1. The zero-order chi connectivity index (χ0) is 14.9. The lowest BCUT2D eigenvalue weighted by atomic mass is 10.2. The van der Waals surface area contributed by atoms with Crippen LogP contribution in [0, 0.1) is 6.92 Å². The van der Waals surface area contributed by atoms with E-state index in [4.69, 9.17) is 5.73 Å². The molecule has 20 heavy (non-hydrogen) atoms. The molecular weight excluding hydrogens is 340 g/mol. The first-order chi connectivity index (χ1) is 9.32. The number of hydrogen-bond donors (Lipinski definition) is 1. The van der Waals surface area contributed by atoms with Crippen molar-refractivity contribution in [2.24, 2.45) is 0 Å². The molecule has 2 aromatic carbocycles. The van der Waals surface area contributed by atoms with Crippen molar-refractivity contribution >= 4 is 37.3 Å². The van der Waals surface area contributed by atoms with Crippen LogP contribution < -0.4 is 10.0 Å². The predicted octanol–water partition coefficient (Wildman–Crippen LogP) is 3.16. The first-order valence-electron chi connectivity index (χ1n) is 5.93. The largest absolute Gasteiger partial charge is 0.399 e. The van der Waals surface area contributed by atoms with Crippen molar-refractivity contribution in [2.45, 2.75) is 11.8 Å². The second-order valence-electron chi connectivity index (χ2n) is 4.50. The summed E-state index contributed by atoms with van der Waals surface area (Å²) in [5, 5.41) is 0. The van der Waals surface area contributed by atoms with Crippen LogP contribution in [0.2, 0.25) is 0 Å². The summed E-state index contributed by atoms with van der Waals surface area (Å²) in [4.78, 5) is 0.153. The van der Waals surface area contributed by atoms with Crippen LogP contribution in [0.1, 0.15) is 5.56 Å². The number of rotatable bonds is 3. The molecule has 0 saturated heterocycles. The van der Waals surface area contributed by atoms with E-state index in [9.17, 15) is 8.42 Å². The number of nitrogens with two attached hydrogens (primary N) is 1. The predicted molar refractivity (Wildman–Crippen MR) is 85.3 cm³/mol. The molecule has 0 aromatic heterocycles. The second kappa shape index (κ2) is 5.46. The van der Waals surface area contributed by atoms with E-state index in [0.717, 1.165) is 5.56 Å². The molecule has 0 aliphatic carbocycles. The Labute approximate surface area is 127 Å². The number of aryl methyl sites for hydroxylation is 1. The van der Waals surface area contributed by atoms with E-state index in [1.54, 1.807) is 24.3 Å². The second-order valence-corrected chi connectivity index (χ2v) is 7.29. The zero-order valence-electron chi connectivity index (χ0n) is 11.2. The highest BCUT2D eigenvalue weighted by Gasteiger charge is 2.24. The first kappa shape index (κ1) is 14.9. The standard InChI is InChI=1S/C14H15BrN2O2S/c1-10-3-6-12(7-4-10)17(2)20(18,19)14-9-11(16)5-8-13(14)15/h3-9H,16H2,1-2H3. The van der Waals surface area contributed by atoms with Gasteiger partial charge in [0.05, 0.1) is 5.69 Å². The molecule has 0 bridgehead atoms. The maximum atomic E-state index is 12.6. The highest BCUT2D eigenvalue weighted by atomic mass is 79.9. The van der Waals surface area contributed by atoms with Gasteiger partial charge in [0, 0.05) is 17.2 Å². The van der Waals surface area contributed by atoms with Crippen LogP contribution in [0.5, 0.6) is 0 Å².